The Kier molecular flexibility index (Phi) is 6.85. The van der Waals surface area contributed by atoms with E-state index < -0.39 is 0 Å². The number of rotatable bonds is 7. The Morgan fingerprint density at radius 1 is 1.17 bits per heavy atom. The van der Waals surface area contributed by atoms with E-state index in [1.165, 1.54) is 18.3 Å². The Balaban J connectivity index is 1.54. The zero-order valence-electron chi connectivity index (χ0n) is 16.0. The highest BCUT2D eigenvalue weighted by Gasteiger charge is 2.09. The van der Waals surface area contributed by atoms with Crippen molar-refractivity contribution in [3.8, 4) is 17.0 Å². The fraction of sp³-hybridized carbons (Fsp3) is 0.190. The third-order valence-electron chi connectivity index (χ3n) is 4.04. The molecule has 0 bridgehead atoms. The first kappa shape index (κ1) is 20.8. The lowest BCUT2D eigenvalue weighted by Gasteiger charge is -2.07. The zero-order chi connectivity index (χ0) is 20.8. The predicted octanol–water partition coefficient (Wildman–Crippen LogP) is 4.43. The summed E-state index contributed by atoms with van der Waals surface area (Å²) in [5.41, 5.74) is 3.59. The van der Waals surface area contributed by atoms with Gasteiger partial charge in [0.2, 0.25) is 5.91 Å². The van der Waals surface area contributed by atoms with Crippen LogP contribution in [-0.4, -0.2) is 23.4 Å². The van der Waals surface area contributed by atoms with E-state index in [-0.39, 0.29) is 18.4 Å². The molecule has 3 aromatic rings. The number of ether oxygens (including phenoxy) is 1. The predicted molar refractivity (Wildman–Crippen MR) is 115 cm³/mol. The van der Waals surface area contributed by atoms with Crippen molar-refractivity contribution in [1.29, 1.82) is 0 Å². The molecule has 2 amide bonds. The van der Waals surface area contributed by atoms with Crippen LogP contribution in [0, 0.1) is 6.92 Å². The number of carbonyl (C=O) groups excluding carboxylic acids is 2. The van der Waals surface area contributed by atoms with E-state index in [9.17, 15) is 9.59 Å². The van der Waals surface area contributed by atoms with E-state index in [4.69, 9.17) is 16.3 Å². The van der Waals surface area contributed by atoms with Crippen molar-refractivity contribution in [2.75, 3.05) is 11.9 Å². The highest BCUT2D eigenvalue weighted by molar-refractivity contribution is 7.14. The van der Waals surface area contributed by atoms with Gasteiger partial charge in [0.25, 0.3) is 5.91 Å². The third kappa shape index (κ3) is 6.04. The van der Waals surface area contributed by atoms with Crippen molar-refractivity contribution in [2.45, 2.75) is 20.4 Å². The van der Waals surface area contributed by atoms with Gasteiger partial charge in [0.05, 0.1) is 5.69 Å². The molecule has 0 aliphatic heterocycles. The summed E-state index contributed by atoms with van der Waals surface area (Å²) < 4.78 is 5.50. The van der Waals surface area contributed by atoms with Gasteiger partial charge in [-0.15, -0.1) is 11.3 Å². The van der Waals surface area contributed by atoms with Gasteiger partial charge in [0.1, 0.15) is 5.75 Å². The number of aromatic nitrogens is 1. The molecule has 6 nitrogen and oxygen atoms in total. The molecular formula is C21H20ClN3O3S. The lowest BCUT2D eigenvalue weighted by molar-refractivity contribution is -0.119. The smallest absolute Gasteiger partial charge is 0.264 e. The van der Waals surface area contributed by atoms with Crippen LogP contribution in [0.15, 0.2) is 47.8 Å². The summed E-state index contributed by atoms with van der Waals surface area (Å²) in [5.74, 6) is 0.231. The number of nitrogens with zero attached hydrogens (tertiary/aromatic N) is 1. The lowest BCUT2D eigenvalue weighted by atomic mass is 10.1. The molecule has 0 radical (unpaired) electrons. The second kappa shape index (κ2) is 9.54. The van der Waals surface area contributed by atoms with Crippen molar-refractivity contribution in [3.05, 3.63) is 64.0 Å². The number of anilines is 1. The third-order valence-corrected chi connectivity index (χ3v) is 5.22. The Morgan fingerprint density at radius 3 is 2.62 bits per heavy atom. The van der Waals surface area contributed by atoms with E-state index in [1.54, 1.807) is 18.2 Å². The first-order valence-electron chi connectivity index (χ1n) is 8.89. The minimum atomic E-state index is -0.288. The maximum Gasteiger partial charge on any atom is 0.264 e. The average molecular weight is 430 g/mol. The molecule has 0 aliphatic carbocycles. The second-order valence-corrected chi connectivity index (χ2v) is 7.66. The number of halogens is 1. The Bertz CT molecular complexity index is 1020. The number of thiazole rings is 1. The normalized spacial score (nSPS) is 10.4. The van der Waals surface area contributed by atoms with E-state index in [0.29, 0.717) is 22.4 Å². The number of benzene rings is 2. The molecule has 150 valence electrons. The fourth-order valence-electron chi connectivity index (χ4n) is 2.49. The quantitative estimate of drug-likeness (QED) is 0.582. The maximum atomic E-state index is 12.1. The molecule has 1 aromatic heterocycles. The first-order chi connectivity index (χ1) is 13.9. The second-order valence-electron chi connectivity index (χ2n) is 6.39. The molecule has 0 aliphatic rings. The Labute approximate surface area is 177 Å². The number of aryl methyl sites for hydroxylation is 1. The molecule has 0 fully saturated rings. The topological polar surface area (TPSA) is 80.3 Å². The Hall–Kier alpha value is -2.90. The molecule has 2 aromatic carbocycles. The van der Waals surface area contributed by atoms with E-state index >= 15 is 0 Å². The van der Waals surface area contributed by atoms with Gasteiger partial charge in [-0.1, -0.05) is 35.9 Å². The van der Waals surface area contributed by atoms with Gasteiger partial charge in [0.15, 0.2) is 11.7 Å². The van der Waals surface area contributed by atoms with Crippen LogP contribution in [0.5, 0.6) is 5.75 Å². The summed E-state index contributed by atoms with van der Waals surface area (Å²) in [5, 5.41) is 8.53. The van der Waals surface area contributed by atoms with Gasteiger partial charge in [-0.25, -0.2) is 4.98 Å². The van der Waals surface area contributed by atoms with Crippen LogP contribution in [0.4, 0.5) is 5.13 Å². The van der Waals surface area contributed by atoms with Gasteiger partial charge in [-0.3, -0.25) is 14.9 Å². The molecule has 0 spiro atoms. The molecule has 0 unspecified atom stereocenters. The van der Waals surface area contributed by atoms with Gasteiger partial charge in [-0.2, -0.15) is 0 Å². The summed E-state index contributed by atoms with van der Waals surface area (Å²) in [4.78, 5) is 27.6. The number of carbonyl (C=O) groups is 2. The largest absolute Gasteiger partial charge is 0.484 e. The molecule has 0 saturated heterocycles. The molecule has 3 rings (SSSR count). The SMILES string of the molecule is CC(=O)NCc1ccc(-c2csc(NC(=O)COc3ccc(Cl)c(C)c3)n2)cc1. The van der Waals surface area contributed by atoms with Crippen LogP contribution in [0.1, 0.15) is 18.1 Å². The maximum absolute atomic E-state index is 12.1. The zero-order valence-corrected chi connectivity index (χ0v) is 17.6. The molecule has 1 heterocycles. The van der Waals surface area contributed by atoms with Crippen molar-refractivity contribution in [2.24, 2.45) is 0 Å². The summed E-state index contributed by atoms with van der Waals surface area (Å²) >= 11 is 7.33. The highest BCUT2D eigenvalue weighted by atomic mass is 35.5. The van der Waals surface area contributed by atoms with Crippen LogP contribution in [0.25, 0.3) is 11.3 Å². The van der Waals surface area contributed by atoms with Crippen molar-refractivity contribution < 1.29 is 14.3 Å². The number of hydrogen-bond acceptors (Lipinski definition) is 5. The summed E-state index contributed by atoms with van der Waals surface area (Å²) in [6.07, 6.45) is 0. The number of hydrogen-bond donors (Lipinski definition) is 2. The fourth-order valence-corrected chi connectivity index (χ4v) is 3.35. The van der Waals surface area contributed by atoms with Crippen LogP contribution in [-0.2, 0) is 16.1 Å². The van der Waals surface area contributed by atoms with Gasteiger partial charge < -0.3 is 10.1 Å². The molecular weight excluding hydrogens is 410 g/mol. The van der Waals surface area contributed by atoms with Crippen LogP contribution < -0.4 is 15.4 Å². The molecule has 0 atom stereocenters. The summed E-state index contributed by atoms with van der Waals surface area (Å²) in [7, 11) is 0. The van der Waals surface area contributed by atoms with Crippen molar-refractivity contribution in [1.82, 2.24) is 10.3 Å². The Morgan fingerprint density at radius 2 is 1.93 bits per heavy atom. The van der Waals surface area contributed by atoms with E-state index in [0.717, 1.165) is 22.4 Å². The van der Waals surface area contributed by atoms with Crippen molar-refractivity contribution >= 4 is 39.9 Å². The standard InChI is InChI=1S/C21H20ClN3O3S/c1-13-9-17(7-8-18(13)22)28-11-20(27)25-21-24-19(12-29-21)16-5-3-15(4-6-16)10-23-14(2)26/h3-9,12H,10-11H2,1-2H3,(H,23,26)(H,24,25,27). The van der Waals surface area contributed by atoms with Crippen LogP contribution in [0.2, 0.25) is 5.02 Å². The molecule has 8 heteroatoms. The van der Waals surface area contributed by atoms with Crippen molar-refractivity contribution in [3.63, 3.8) is 0 Å². The molecule has 0 saturated carbocycles. The summed E-state index contributed by atoms with van der Waals surface area (Å²) in [6, 6.07) is 13.0. The highest BCUT2D eigenvalue weighted by Crippen LogP contribution is 2.25. The molecule has 2 N–H and O–H groups in total. The van der Waals surface area contributed by atoms with E-state index in [2.05, 4.69) is 15.6 Å². The van der Waals surface area contributed by atoms with Crippen LogP contribution >= 0.6 is 22.9 Å². The van der Waals surface area contributed by atoms with E-state index in [1.807, 2.05) is 36.6 Å². The average Bonchev–Trinajstić information content (AvgIpc) is 3.16. The van der Waals surface area contributed by atoms with Gasteiger partial charge in [-0.05, 0) is 36.2 Å². The summed E-state index contributed by atoms with van der Waals surface area (Å²) in [6.45, 7) is 3.73. The first-order valence-corrected chi connectivity index (χ1v) is 10.1. The molecule has 29 heavy (non-hydrogen) atoms. The number of nitrogens with one attached hydrogen (secondary N) is 2. The van der Waals surface area contributed by atoms with Gasteiger partial charge in [0, 0.05) is 29.4 Å². The number of amides is 2. The van der Waals surface area contributed by atoms with Gasteiger partial charge >= 0.3 is 0 Å². The minimum Gasteiger partial charge on any atom is -0.484 e. The minimum absolute atomic E-state index is 0.0656. The van der Waals surface area contributed by atoms with Crippen LogP contribution in [0.3, 0.4) is 0 Å². The monoisotopic (exact) mass is 429 g/mol. The lowest BCUT2D eigenvalue weighted by Crippen LogP contribution is -2.20.